The van der Waals surface area contributed by atoms with Crippen LogP contribution in [0.25, 0.3) is 10.9 Å². The lowest BCUT2D eigenvalue weighted by Gasteiger charge is -2.15. The molecule has 3 aromatic carbocycles. The normalized spacial score (nSPS) is 11.2. The first-order chi connectivity index (χ1) is 16.7. The molecule has 0 aliphatic heterocycles. The SMILES string of the molecule is COc1ccc(NC(=O)c2c(NS(=O)(=O)c3ccc(C)cc3)[nH]c3ccc(OC)cc3c2=O)cc1. The molecule has 1 heterocycles. The van der Waals surface area contributed by atoms with E-state index in [0.717, 1.165) is 5.56 Å². The van der Waals surface area contributed by atoms with Gasteiger partial charge in [0.15, 0.2) is 0 Å². The van der Waals surface area contributed by atoms with E-state index in [1.165, 1.54) is 32.4 Å². The second kappa shape index (κ2) is 9.51. The maximum atomic E-state index is 13.4. The molecule has 3 N–H and O–H groups in total. The van der Waals surface area contributed by atoms with Gasteiger partial charge in [-0.1, -0.05) is 17.7 Å². The summed E-state index contributed by atoms with van der Waals surface area (Å²) in [5.74, 6) is -0.0373. The lowest BCUT2D eigenvalue weighted by molar-refractivity contribution is 0.102. The summed E-state index contributed by atoms with van der Waals surface area (Å²) in [5.41, 5.74) is 0.561. The Labute approximate surface area is 201 Å². The zero-order valence-corrected chi connectivity index (χ0v) is 20.0. The predicted octanol–water partition coefficient (Wildman–Crippen LogP) is 3.91. The summed E-state index contributed by atoms with van der Waals surface area (Å²) in [4.78, 5) is 29.5. The van der Waals surface area contributed by atoms with Crippen molar-refractivity contribution >= 4 is 38.3 Å². The summed E-state index contributed by atoms with van der Waals surface area (Å²) in [7, 11) is -1.14. The monoisotopic (exact) mass is 493 g/mol. The number of fused-ring (bicyclic) bond motifs is 1. The average molecular weight is 494 g/mol. The number of carbonyl (C=O) groups excluding carboxylic acids is 1. The second-order valence-corrected chi connectivity index (χ2v) is 9.40. The molecular formula is C25H23N3O6S. The number of nitrogens with one attached hydrogen (secondary N) is 3. The summed E-state index contributed by atoms with van der Waals surface area (Å²) >= 11 is 0. The number of pyridine rings is 1. The van der Waals surface area contributed by atoms with Crippen molar-refractivity contribution < 1.29 is 22.7 Å². The van der Waals surface area contributed by atoms with Crippen LogP contribution >= 0.6 is 0 Å². The van der Waals surface area contributed by atoms with Crippen molar-refractivity contribution in [1.29, 1.82) is 0 Å². The minimum absolute atomic E-state index is 0.0136. The van der Waals surface area contributed by atoms with Gasteiger partial charge in [-0.05, 0) is 61.5 Å². The van der Waals surface area contributed by atoms with E-state index in [1.54, 1.807) is 48.5 Å². The van der Waals surface area contributed by atoms with Gasteiger partial charge in [0.05, 0.1) is 30.0 Å². The van der Waals surface area contributed by atoms with Crippen LogP contribution in [0, 0.1) is 6.92 Å². The molecule has 1 amide bonds. The third-order valence-electron chi connectivity index (χ3n) is 5.35. The van der Waals surface area contributed by atoms with Gasteiger partial charge >= 0.3 is 0 Å². The number of anilines is 2. The minimum atomic E-state index is -4.11. The Hall–Kier alpha value is -4.31. The molecule has 0 unspecified atom stereocenters. The molecule has 0 saturated carbocycles. The summed E-state index contributed by atoms with van der Waals surface area (Å²) in [5, 5.41) is 2.81. The van der Waals surface area contributed by atoms with Gasteiger partial charge in [-0.2, -0.15) is 0 Å². The molecule has 9 nitrogen and oxygen atoms in total. The fraction of sp³-hybridized carbons (Fsp3) is 0.120. The highest BCUT2D eigenvalue weighted by molar-refractivity contribution is 7.92. The number of benzene rings is 3. The number of aromatic nitrogens is 1. The Morgan fingerprint density at radius 3 is 2.14 bits per heavy atom. The molecule has 0 radical (unpaired) electrons. The van der Waals surface area contributed by atoms with Crippen LogP contribution in [0.4, 0.5) is 11.5 Å². The molecule has 0 aliphatic carbocycles. The lowest BCUT2D eigenvalue weighted by atomic mass is 10.1. The number of hydrogen-bond donors (Lipinski definition) is 3. The average Bonchev–Trinajstić information content (AvgIpc) is 2.84. The van der Waals surface area contributed by atoms with Crippen molar-refractivity contribution in [3.05, 3.63) is 88.1 Å². The van der Waals surface area contributed by atoms with E-state index in [0.29, 0.717) is 22.7 Å². The van der Waals surface area contributed by atoms with Crippen LogP contribution in [0.3, 0.4) is 0 Å². The topological polar surface area (TPSA) is 127 Å². The molecule has 0 atom stereocenters. The standard InChI is InChI=1S/C25H23N3O6S/c1-15-4-11-19(12-5-15)35(31,32)28-24-22(25(30)26-16-6-8-17(33-2)9-7-16)23(29)20-14-18(34-3)10-13-21(20)27-24/h4-14H,1-3H3,(H,26,30)(H2,27,28,29). The summed E-state index contributed by atoms with van der Waals surface area (Å²) in [6.07, 6.45) is 0. The largest absolute Gasteiger partial charge is 0.497 e. The summed E-state index contributed by atoms with van der Waals surface area (Å²) < 4.78 is 38.8. The number of ether oxygens (including phenoxy) is 2. The van der Waals surface area contributed by atoms with Crippen LogP contribution in [-0.4, -0.2) is 33.5 Å². The van der Waals surface area contributed by atoms with Crippen molar-refractivity contribution in [2.45, 2.75) is 11.8 Å². The Balaban J connectivity index is 1.83. The highest BCUT2D eigenvalue weighted by atomic mass is 32.2. The maximum Gasteiger partial charge on any atom is 0.263 e. The Morgan fingerprint density at radius 1 is 0.886 bits per heavy atom. The van der Waals surface area contributed by atoms with Crippen molar-refractivity contribution in [2.24, 2.45) is 0 Å². The van der Waals surface area contributed by atoms with Gasteiger partial charge in [0.1, 0.15) is 22.9 Å². The van der Waals surface area contributed by atoms with Gasteiger partial charge in [-0.3, -0.25) is 14.3 Å². The second-order valence-electron chi connectivity index (χ2n) is 7.72. The maximum absolute atomic E-state index is 13.4. The molecule has 35 heavy (non-hydrogen) atoms. The van der Waals surface area contributed by atoms with E-state index < -0.39 is 26.9 Å². The third kappa shape index (κ3) is 4.97. The smallest absolute Gasteiger partial charge is 0.263 e. The molecule has 4 aromatic rings. The number of hydrogen-bond acceptors (Lipinski definition) is 6. The molecule has 1 aromatic heterocycles. The van der Waals surface area contributed by atoms with Gasteiger partial charge in [0.2, 0.25) is 5.43 Å². The molecular weight excluding hydrogens is 470 g/mol. The van der Waals surface area contributed by atoms with Crippen LogP contribution < -0.4 is 24.9 Å². The van der Waals surface area contributed by atoms with Gasteiger partial charge < -0.3 is 19.8 Å². The molecule has 0 fully saturated rings. The Morgan fingerprint density at radius 2 is 1.51 bits per heavy atom. The number of H-pyrrole nitrogens is 1. The van der Waals surface area contributed by atoms with E-state index in [1.807, 2.05) is 6.92 Å². The highest BCUT2D eigenvalue weighted by Gasteiger charge is 2.24. The first kappa shape index (κ1) is 23.8. The van der Waals surface area contributed by atoms with E-state index >= 15 is 0 Å². The van der Waals surface area contributed by atoms with Crippen LogP contribution in [-0.2, 0) is 10.0 Å². The van der Waals surface area contributed by atoms with Crippen LogP contribution in [0.1, 0.15) is 15.9 Å². The summed E-state index contributed by atoms with van der Waals surface area (Å²) in [6, 6.07) is 17.4. The molecule has 4 rings (SSSR count). The van der Waals surface area contributed by atoms with Crippen molar-refractivity contribution in [1.82, 2.24) is 4.98 Å². The number of amides is 1. The lowest BCUT2D eigenvalue weighted by Crippen LogP contribution is -2.26. The zero-order chi connectivity index (χ0) is 25.2. The van der Waals surface area contributed by atoms with E-state index in [4.69, 9.17) is 9.47 Å². The first-order valence-electron chi connectivity index (χ1n) is 10.5. The number of rotatable bonds is 7. The van der Waals surface area contributed by atoms with Crippen LogP contribution in [0.15, 0.2) is 76.4 Å². The van der Waals surface area contributed by atoms with Crippen LogP contribution in [0.2, 0.25) is 0 Å². The molecule has 10 heteroatoms. The fourth-order valence-corrected chi connectivity index (χ4v) is 4.50. The Kier molecular flexibility index (Phi) is 6.48. The van der Waals surface area contributed by atoms with Gasteiger partial charge in [0.25, 0.3) is 15.9 Å². The molecule has 0 saturated heterocycles. The number of aryl methyl sites for hydroxylation is 1. The van der Waals surface area contributed by atoms with E-state index in [-0.39, 0.29) is 16.1 Å². The van der Waals surface area contributed by atoms with E-state index in [9.17, 15) is 18.0 Å². The van der Waals surface area contributed by atoms with Crippen LogP contribution in [0.5, 0.6) is 11.5 Å². The number of carbonyl (C=O) groups is 1. The third-order valence-corrected chi connectivity index (χ3v) is 6.72. The minimum Gasteiger partial charge on any atom is -0.497 e. The fourth-order valence-electron chi connectivity index (χ4n) is 3.46. The van der Waals surface area contributed by atoms with E-state index in [2.05, 4.69) is 15.0 Å². The molecule has 180 valence electrons. The summed E-state index contributed by atoms with van der Waals surface area (Å²) in [6.45, 7) is 1.83. The quantitative estimate of drug-likeness (QED) is 0.358. The van der Waals surface area contributed by atoms with Gasteiger partial charge in [-0.25, -0.2) is 8.42 Å². The Bertz CT molecular complexity index is 1560. The zero-order valence-electron chi connectivity index (χ0n) is 19.2. The van der Waals surface area contributed by atoms with Gasteiger partial charge in [0, 0.05) is 5.69 Å². The number of methoxy groups -OCH3 is 2. The number of aromatic amines is 1. The van der Waals surface area contributed by atoms with Crippen molar-refractivity contribution in [3.8, 4) is 11.5 Å². The van der Waals surface area contributed by atoms with Crippen molar-refractivity contribution in [2.75, 3.05) is 24.3 Å². The number of sulfonamides is 1. The predicted molar refractivity (Wildman–Crippen MR) is 134 cm³/mol. The van der Waals surface area contributed by atoms with Crippen molar-refractivity contribution in [3.63, 3.8) is 0 Å². The first-order valence-corrected chi connectivity index (χ1v) is 12.0. The molecule has 0 bridgehead atoms. The highest BCUT2D eigenvalue weighted by Crippen LogP contribution is 2.24. The van der Waals surface area contributed by atoms with Gasteiger partial charge in [-0.15, -0.1) is 0 Å². The molecule has 0 spiro atoms. The molecule has 0 aliphatic rings.